The summed E-state index contributed by atoms with van der Waals surface area (Å²) in [5.74, 6) is -0.0868. The molecule has 0 bridgehead atoms. The highest BCUT2D eigenvalue weighted by Crippen LogP contribution is 2.57. The smallest absolute Gasteiger partial charge is 0.334 e. The number of hydrogen-bond donors (Lipinski definition) is 0. The van der Waals surface area contributed by atoms with E-state index in [-0.39, 0.29) is 47.3 Å². The average Bonchev–Trinajstić information content (AvgIpc) is 3.24. The van der Waals surface area contributed by atoms with Crippen LogP contribution in [0.1, 0.15) is 44.4 Å². The Morgan fingerprint density at radius 2 is 2.19 bits per heavy atom. The van der Waals surface area contributed by atoms with E-state index in [4.69, 9.17) is 9.47 Å². The van der Waals surface area contributed by atoms with Crippen molar-refractivity contribution < 1.29 is 19.1 Å². The highest BCUT2D eigenvalue weighted by molar-refractivity contribution is 7.10. The van der Waals surface area contributed by atoms with Crippen LogP contribution in [0.15, 0.2) is 35.7 Å². The molecule has 1 aromatic heterocycles. The van der Waals surface area contributed by atoms with Gasteiger partial charge in [0, 0.05) is 34.3 Å². The van der Waals surface area contributed by atoms with E-state index in [2.05, 4.69) is 20.4 Å². The zero-order chi connectivity index (χ0) is 19.2. The van der Waals surface area contributed by atoms with E-state index in [1.165, 1.54) is 6.08 Å². The summed E-state index contributed by atoms with van der Waals surface area (Å²) >= 11 is 1.59. The summed E-state index contributed by atoms with van der Waals surface area (Å²) in [6.07, 6.45) is 6.91. The van der Waals surface area contributed by atoms with Crippen molar-refractivity contribution in [2.75, 3.05) is 0 Å². The van der Waals surface area contributed by atoms with Crippen molar-refractivity contribution in [1.29, 1.82) is 0 Å². The summed E-state index contributed by atoms with van der Waals surface area (Å²) in [6.45, 7) is 8.39. The minimum atomic E-state index is -0.302. The third kappa shape index (κ3) is 3.27. The van der Waals surface area contributed by atoms with Gasteiger partial charge in [-0.2, -0.15) is 0 Å². The van der Waals surface area contributed by atoms with Gasteiger partial charge < -0.3 is 9.47 Å². The van der Waals surface area contributed by atoms with Crippen LogP contribution in [0.5, 0.6) is 0 Å². The molecule has 3 fully saturated rings. The molecule has 2 heterocycles. The summed E-state index contributed by atoms with van der Waals surface area (Å²) in [4.78, 5) is 25.4. The second kappa shape index (κ2) is 6.93. The van der Waals surface area contributed by atoms with Crippen molar-refractivity contribution in [2.45, 2.75) is 51.7 Å². The molecule has 3 aliphatic rings. The van der Waals surface area contributed by atoms with Crippen LogP contribution in [-0.4, -0.2) is 24.1 Å². The minimum absolute atomic E-state index is 0.117. The predicted octanol–water partition coefficient (Wildman–Crippen LogP) is 4.62. The van der Waals surface area contributed by atoms with Gasteiger partial charge in [0.15, 0.2) is 0 Å². The second-order valence-corrected chi connectivity index (χ2v) is 9.42. The highest BCUT2D eigenvalue weighted by Gasteiger charge is 2.58. The number of thiophene rings is 1. The number of hydrogen-bond acceptors (Lipinski definition) is 5. The molecule has 6 unspecified atom stereocenters. The SMILES string of the molecule is C=C1C(=O)OC2C1CCC1(C)CCC(OC(=O)C=Cc3cccs3)C(C)C21. The lowest BCUT2D eigenvalue weighted by Crippen LogP contribution is -2.53. The van der Waals surface area contributed by atoms with E-state index in [9.17, 15) is 9.59 Å². The molecule has 144 valence electrons. The van der Waals surface area contributed by atoms with Gasteiger partial charge in [0.05, 0.1) is 0 Å². The molecule has 1 aromatic rings. The maximum Gasteiger partial charge on any atom is 0.334 e. The fourth-order valence-electron chi connectivity index (χ4n) is 5.42. The Morgan fingerprint density at radius 3 is 2.93 bits per heavy atom. The monoisotopic (exact) mass is 386 g/mol. The molecule has 0 radical (unpaired) electrons. The van der Waals surface area contributed by atoms with Crippen LogP contribution in [0.3, 0.4) is 0 Å². The minimum Gasteiger partial charge on any atom is -0.459 e. The molecule has 6 atom stereocenters. The Hall–Kier alpha value is -1.88. The van der Waals surface area contributed by atoms with Gasteiger partial charge in [-0.1, -0.05) is 26.5 Å². The first-order valence-electron chi connectivity index (χ1n) is 9.71. The van der Waals surface area contributed by atoms with E-state index in [0.29, 0.717) is 5.57 Å². The fourth-order valence-corrected chi connectivity index (χ4v) is 6.04. The summed E-state index contributed by atoms with van der Waals surface area (Å²) in [6, 6.07) is 3.92. The molecule has 0 N–H and O–H groups in total. The van der Waals surface area contributed by atoms with Gasteiger partial charge in [0.25, 0.3) is 0 Å². The van der Waals surface area contributed by atoms with Gasteiger partial charge in [0.2, 0.25) is 0 Å². The molecule has 1 saturated heterocycles. The van der Waals surface area contributed by atoms with Gasteiger partial charge in [-0.3, -0.25) is 0 Å². The number of carbonyl (C=O) groups excluding carboxylic acids is 2. The Bertz CT molecular complexity index is 780. The molecule has 5 heteroatoms. The molecule has 2 saturated carbocycles. The Morgan fingerprint density at radius 1 is 1.41 bits per heavy atom. The van der Waals surface area contributed by atoms with Crippen LogP contribution < -0.4 is 0 Å². The molecule has 4 nitrogen and oxygen atoms in total. The number of carbonyl (C=O) groups is 2. The van der Waals surface area contributed by atoms with E-state index in [1.807, 2.05) is 17.5 Å². The van der Waals surface area contributed by atoms with Crippen molar-refractivity contribution in [3.05, 3.63) is 40.6 Å². The molecule has 0 spiro atoms. The number of ether oxygens (including phenoxy) is 2. The Labute approximate surface area is 164 Å². The van der Waals surface area contributed by atoms with Crippen LogP contribution in [0.4, 0.5) is 0 Å². The molecule has 0 amide bonds. The van der Waals surface area contributed by atoms with Crippen LogP contribution in [0.2, 0.25) is 0 Å². The summed E-state index contributed by atoms with van der Waals surface area (Å²) in [5, 5.41) is 1.98. The van der Waals surface area contributed by atoms with Gasteiger partial charge in [0.1, 0.15) is 12.2 Å². The fraction of sp³-hybridized carbons (Fsp3) is 0.545. The lowest BCUT2D eigenvalue weighted by molar-refractivity contribution is -0.171. The van der Waals surface area contributed by atoms with Crippen molar-refractivity contribution in [2.24, 2.45) is 23.2 Å². The number of fused-ring (bicyclic) bond motifs is 3. The number of esters is 2. The molecule has 2 aliphatic carbocycles. The summed E-state index contributed by atoms with van der Waals surface area (Å²) in [5.41, 5.74) is 0.744. The zero-order valence-electron chi connectivity index (χ0n) is 15.9. The largest absolute Gasteiger partial charge is 0.459 e. The second-order valence-electron chi connectivity index (χ2n) is 8.44. The van der Waals surface area contributed by atoms with Crippen LogP contribution in [0.25, 0.3) is 6.08 Å². The van der Waals surface area contributed by atoms with Crippen molar-refractivity contribution in [3.63, 3.8) is 0 Å². The third-order valence-electron chi connectivity index (χ3n) is 6.88. The molecule has 1 aliphatic heterocycles. The van der Waals surface area contributed by atoms with Gasteiger partial charge in [-0.25, -0.2) is 9.59 Å². The quantitative estimate of drug-likeness (QED) is 0.562. The first-order valence-corrected chi connectivity index (χ1v) is 10.6. The maximum atomic E-state index is 12.3. The predicted molar refractivity (Wildman–Crippen MR) is 105 cm³/mol. The first kappa shape index (κ1) is 18.5. The van der Waals surface area contributed by atoms with Gasteiger partial charge >= 0.3 is 11.9 Å². The van der Waals surface area contributed by atoms with Crippen molar-refractivity contribution in [1.82, 2.24) is 0 Å². The molecule has 4 rings (SSSR count). The standard InChI is InChI=1S/C22H26O4S/c1-13-16-8-10-22(3)11-9-17(14(2)19(22)20(16)26-21(13)24)25-18(23)7-6-15-5-4-12-27-15/h4-7,12,14,16-17,19-20H,1,8-11H2,2-3H3. The van der Waals surface area contributed by atoms with E-state index in [1.54, 1.807) is 17.4 Å². The number of rotatable bonds is 3. The van der Waals surface area contributed by atoms with Gasteiger partial charge in [-0.15, -0.1) is 11.3 Å². The van der Waals surface area contributed by atoms with E-state index in [0.717, 1.165) is 30.6 Å². The molecular formula is C22H26O4S. The van der Waals surface area contributed by atoms with Crippen LogP contribution in [0, 0.1) is 23.2 Å². The Kier molecular flexibility index (Phi) is 4.75. The summed E-state index contributed by atoms with van der Waals surface area (Å²) < 4.78 is 11.6. The third-order valence-corrected chi connectivity index (χ3v) is 7.72. The van der Waals surface area contributed by atoms with E-state index < -0.39 is 0 Å². The molecular weight excluding hydrogens is 360 g/mol. The first-order chi connectivity index (χ1) is 12.9. The van der Waals surface area contributed by atoms with Crippen molar-refractivity contribution in [3.8, 4) is 0 Å². The van der Waals surface area contributed by atoms with Crippen LogP contribution >= 0.6 is 11.3 Å². The molecule has 0 aromatic carbocycles. The molecule has 27 heavy (non-hydrogen) atoms. The lowest BCUT2D eigenvalue weighted by Gasteiger charge is -2.53. The average molecular weight is 387 g/mol. The maximum absolute atomic E-state index is 12.3. The van der Waals surface area contributed by atoms with E-state index >= 15 is 0 Å². The van der Waals surface area contributed by atoms with Crippen LogP contribution in [-0.2, 0) is 19.1 Å². The van der Waals surface area contributed by atoms with Gasteiger partial charge in [-0.05, 0) is 48.6 Å². The Balaban J connectivity index is 1.48. The normalized spacial score (nSPS) is 38.4. The van der Waals surface area contributed by atoms with Crippen molar-refractivity contribution >= 4 is 29.4 Å². The zero-order valence-corrected chi connectivity index (χ0v) is 16.7. The highest BCUT2D eigenvalue weighted by atomic mass is 32.1. The lowest BCUT2D eigenvalue weighted by atomic mass is 9.53. The summed E-state index contributed by atoms with van der Waals surface area (Å²) in [7, 11) is 0. The topological polar surface area (TPSA) is 52.6 Å².